The van der Waals surface area contributed by atoms with Crippen LogP contribution in [0.5, 0.6) is 0 Å². The number of hydrogen-bond acceptors (Lipinski definition) is 5. The van der Waals surface area contributed by atoms with Crippen LogP contribution in [0.2, 0.25) is 0 Å². The van der Waals surface area contributed by atoms with E-state index in [0.29, 0.717) is 24.7 Å². The van der Waals surface area contributed by atoms with Crippen LogP contribution in [0.4, 0.5) is 0 Å². The molecular formula is C34H52O5. The van der Waals surface area contributed by atoms with Crippen LogP contribution in [0.1, 0.15) is 127 Å². The molecule has 0 aromatic heterocycles. The highest BCUT2D eigenvalue weighted by Gasteiger charge is 2.67. The highest BCUT2D eigenvalue weighted by atomic mass is 16.5. The zero-order valence-electron chi connectivity index (χ0n) is 26.1. The SMILES string of the molecule is CC(=O)OC[C@]1(C)CC[C@]2(C)CC[C@]3(C)C4=C(CC[C@@]3(C)[C@@H]2C1)[C@@]1(C)CC[C@@H](OC(C)=O)C(C)(C)[C@@H]1CC4=O. The van der Waals surface area contributed by atoms with Crippen molar-refractivity contribution in [2.24, 2.45) is 44.3 Å². The second-order valence-electron chi connectivity index (χ2n) is 16.2. The summed E-state index contributed by atoms with van der Waals surface area (Å²) >= 11 is 0. The van der Waals surface area contributed by atoms with E-state index in [1.54, 1.807) is 0 Å². The van der Waals surface area contributed by atoms with Gasteiger partial charge in [0.1, 0.15) is 6.10 Å². The highest BCUT2D eigenvalue weighted by Crippen LogP contribution is 2.74. The molecule has 5 aliphatic carbocycles. The van der Waals surface area contributed by atoms with E-state index in [1.807, 2.05) is 0 Å². The quantitative estimate of drug-likeness (QED) is 0.345. The average molecular weight is 541 g/mol. The molecule has 0 N–H and O–H groups in total. The van der Waals surface area contributed by atoms with Crippen molar-refractivity contribution in [1.29, 1.82) is 0 Å². The maximum absolute atomic E-state index is 14.4. The van der Waals surface area contributed by atoms with Crippen LogP contribution in [0, 0.1) is 44.3 Å². The molecule has 3 fully saturated rings. The zero-order valence-corrected chi connectivity index (χ0v) is 26.1. The zero-order chi connectivity index (χ0) is 28.8. The van der Waals surface area contributed by atoms with E-state index < -0.39 is 0 Å². The van der Waals surface area contributed by atoms with E-state index in [-0.39, 0.29) is 56.5 Å². The third-order valence-electron chi connectivity index (χ3n) is 13.5. The van der Waals surface area contributed by atoms with E-state index in [0.717, 1.165) is 57.8 Å². The molecule has 5 rings (SSSR count). The summed E-state index contributed by atoms with van der Waals surface area (Å²) in [6, 6.07) is 0. The normalized spacial score (nSPS) is 46.8. The summed E-state index contributed by atoms with van der Waals surface area (Å²) in [5.74, 6) is 0.593. The second kappa shape index (κ2) is 8.92. The summed E-state index contributed by atoms with van der Waals surface area (Å²) in [7, 11) is 0. The Labute approximate surface area is 236 Å². The van der Waals surface area contributed by atoms with E-state index in [9.17, 15) is 14.4 Å². The molecule has 5 heteroatoms. The number of rotatable bonds is 3. The van der Waals surface area contributed by atoms with Crippen LogP contribution in [0.15, 0.2) is 11.1 Å². The Morgan fingerprint density at radius 1 is 0.846 bits per heavy atom. The van der Waals surface area contributed by atoms with E-state index >= 15 is 0 Å². The van der Waals surface area contributed by atoms with E-state index in [4.69, 9.17) is 9.47 Å². The van der Waals surface area contributed by atoms with Crippen molar-refractivity contribution in [2.45, 2.75) is 133 Å². The van der Waals surface area contributed by atoms with Crippen LogP contribution >= 0.6 is 0 Å². The minimum Gasteiger partial charge on any atom is -0.465 e. The first kappa shape index (κ1) is 28.9. The Bertz CT molecular complexity index is 1120. The standard InChI is InChI=1S/C34H52O5/c1-21(35)38-20-30(5)14-15-31(6)16-17-34(9)28-23(10-13-33(34,8)26(31)19-30)32(7)12-11-27(39-22(2)36)29(3,4)25(32)18-24(28)37/h25-27H,10-20H2,1-9H3/t25-,26+,27+,30+,31+,32+,33-,34+/m0/s1. The Balaban J connectivity index is 1.54. The van der Waals surface area contributed by atoms with Crippen molar-refractivity contribution in [3.05, 3.63) is 11.1 Å². The van der Waals surface area contributed by atoms with Gasteiger partial charge in [0.15, 0.2) is 5.78 Å². The predicted octanol–water partition coefficient (Wildman–Crippen LogP) is 7.61. The molecule has 0 radical (unpaired) electrons. The van der Waals surface area contributed by atoms with E-state index in [2.05, 4.69) is 48.5 Å². The molecule has 8 atom stereocenters. The lowest BCUT2D eigenvalue weighted by Crippen LogP contribution is -2.62. The molecule has 0 unspecified atom stereocenters. The lowest BCUT2D eigenvalue weighted by Gasteiger charge is -2.69. The Kier molecular flexibility index (Phi) is 6.60. The van der Waals surface area contributed by atoms with Gasteiger partial charge in [0.2, 0.25) is 0 Å². The first-order chi connectivity index (χ1) is 17.9. The van der Waals surface area contributed by atoms with Crippen molar-refractivity contribution in [3.63, 3.8) is 0 Å². The van der Waals surface area contributed by atoms with Gasteiger partial charge in [-0.15, -0.1) is 0 Å². The number of carbonyl (C=O) groups is 3. The van der Waals surface area contributed by atoms with Gasteiger partial charge in [0.25, 0.3) is 0 Å². The summed E-state index contributed by atoms with van der Waals surface area (Å²) in [6.07, 6.45) is 9.86. The van der Waals surface area contributed by atoms with Crippen molar-refractivity contribution < 1.29 is 23.9 Å². The number of carbonyl (C=O) groups excluding carboxylic acids is 3. The molecule has 0 spiro atoms. The van der Waals surface area contributed by atoms with Gasteiger partial charge in [-0.1, -0.05) is 54.0 Å². The van der Waals surface area contributed by atoms with Crippen molar-refractivity contribution in [3.8, 4) is 0 Å². The van der Waals surface area contributed by atoms with Gasteiger partial charge in [-0.3, -0.25) is 14.4 Å². The number of Topliss-reactive ketones (excluding diaryl/α,β-unsaturated/α-hetero) is 1. The van der Waals surface area contributed by atoms with Crippen molar-refractivity contribution in [1.82, 2.24) is 0 Å². The molecule has 5 nitrogen and oxygen atoms in total. The summed E-state index contributed by atoms with van der Waals surface area (Å²) in [5, 5.41) is 0. The Hall–Kier alpha value is -1.65. The number of ketones is 1. The molecule has 0 aromatic carbocycles. The molecule has 0 heterocycles. The highest BCUT2D eigenvalue weighted by molar-refractivity contribution is 5.99. The smallest absolute Gasteiger partial charge is 0.302 e. The molecule has 39 heavy (non-hydrogen) atoms. The fraction of sp³-hybridized carbons (Fsp3) is 0.853. The van der Waals surface area contributed by atoms with Gasteiger partial charge in [-0.05, 0) is 85.9 Å². The van der Waals surface area contributed by atoms with Crippen LogP contribution in [0.25, 0.3) is 0 Å². The molecule has 0 aliphatic heterocycles. The van der Waals surface area contributed by atoms with Gasteiger partial charge in [0, 0.05) is 42.1 Å². The van der Waals surface area contributed by atoms with Gasteiger partial charge in [-0.25, -0.2) is 0 Å². The lowest BCUT2D eigenvalue weighted by atomic mass is 9.35. The Morgan fingerprint density at radius 3 is 2.15 bits per heavy atom. The summed E-state index contributed by atoms with van der Waals surface area (Å²) < 4.78 is 11.4. The largest absolute Gasteiger partial charge is 0.465 e. The minimum absolute atomic E-state index is 0.0153. The third-order valence-corrected chi connectivity index (χ3v) is 13.5. The number of esters is 2. The van der Waals surface area contributed by atoms with Gasteiger partial charge in [-0.2, -0.15) is 0 Å². The van der Waals surface area contributed by atoms with Gasteiger partial charge < -0.3 is 9.47 Å². The lowest BCUT2D eigenvalue weighted by molar-refractivity contribution is -0.176. The number of allylic oxidation sites excluding steroid dienone is 2. The van der Waals surface area contributed by atoms with Crippen LogP contribution in [-0.4, -0.2) is 30.4 Å². The number of hydrogen-bond donors (Lipinski definition) is 0. The number of fused-ring (bicyclic) bond motifs is 6. The first-order valence-electron chi connectivity index (χ1n) is 15.5. The molecule has 0 amide bonds. The maximum atomic E-state index is 14.4. The molecule has 0 bridgehead atoms. The summed E-state index contributed by atoms with van der Waals surface area (Å²) in [4.78, 5) is 38.0. The molecule has 218 valence electrons. The number of ether oxygens (including phenoxy) is 2. The third kappa shape index (κ3) is 4.09. The molecule has 5 aliphatic rings. The summed E-state index contributed by atoms with van der Waals surface area (Å²) in [6.45, 7) is 20.1. The van der Waals surface area contributed by atoms with Gasteiger partial charge in [0.05, 0.1) is 6.61 Å². The second-order valence-corrected chi connectivity index (χ2v) is 16.2. The molecule has 3 saturated carbocycles. The predicted molar refractivity (Wildman–Crippen MR) is 152 cm³/mol. The minimum atomic E-state index is -0.248. The summed E-state index contributed by atoms with van der Waals surface area (Å²) in [5.41, 5.74) is 2.44. The monoisotopic (exact) mass is 540 g/mol. The van der Waals surface area contributed by atoms with Crippen molar-refractivity contribution >= 4 is 17.7 Å². The maximum Gasteiger partial charge on any atom is 0.302 e. The fourth-order valence-corrected chi connectivity index (χ4v) is 10.8. The topological polar surface area (TPSA) is 69.7 Å². The van der Waals surface area contributed by atoms with Gasteiger partial charge >= 0.3 is 11.9 Å². The fourth-order valence-electron chi connectivity index (χ4n) is 10.8. The molecule has 0 aromatic rings. The average Bonchev–Trinajstić information content (AvgIpc) is 2.83. The first-order valence-corrected chi connectivity index (χ1v) is 15.5. The van der Waals surface area contributed by atoms with E-state index in [1.165, 1.54) is 25.0 Å². The van der Waals surface area contributed by atoms with Crippen molar-refractivity contribution in [2.75, 3.05) is 6.61 Å². The Morgan fingerprint density at radius 2 is 1.51 bits per heavy atom. The molecule has 0 saturated heterocycles. The molecular weight excluding hydrogens is 488 g/mol. The van der Waals surface area contributed by atoms with Crippen LogP contribution in [0.3, 0.4) is 0 Å². The van der Waals surface area contributed by atoms with Crippen LogP contribution in [-0.2, 0) is 23.9 Å². The van der Waals surface area contributed by atoms with Crippen LogP contribution < -0.4 is 0 Å².